The van der Waals surface area contributed by atoms with Crippen LogP contribution in [0.1, 0.15) is 5.56 Å². The van der Waals surface area contributed by atoms with Crippen LogP contribution in [0.5, 0.6) is 28.7 Å². The lowest BCUT2D eigenvalue weighted by Gasteiger charge is -2.13. The van der Waals surface area contributed by atoms with E-state index in [0.29, 0.717) is 34.2 Å². The number of hydrogen-bond donors (Lipinski definition) is 3. The van der Waals surface area contributed by atoms with Gasteiger partial charge in [0.1, 0.15) is 11.5 Å². The molecule has 0 saturated heterocycles. The van der Waals surface area contributed by atoms with Crippen LogP contribution >= 0.6 is 12.2 Å². The molecule has 28 heavy (non-hydrogen) atoms. The van der Waals surface area contributed by atoms with E-state index in [1.165, 1.54) is 50.4 Å². The van der Waals surface area contributed by atoms with Gasteiger partial charge in [0.15, 0.2) is 17.3 Å². The highest BCUT2D eigenvalue weighted by Gasteiger charge is 2.17. The van der Waals surface area contributed by atoms with E-state index in [2.05, 4.69) is 15.3 Å². The minimum absolute atomic E-state index is 0.0484. The Labute approximate surface area is 165 Å². The fraction of sp³-hybridized carbons (Fsp3) is 0.167. The van der Waals surface area contributed by atoms with E-state index in [-0.39, 0.29) is 16.3 Å². The third-order valence-electron chi connectivity index (χ3n) is 3.90. The molecule has 10 heteroatoms. The number of nitrogens with zero attached hydrogens (tertiary/aromatic N) is 3. The van der Waals surface area contributed by atoms with Crippen molar-refractivity contribution < 1.29 is 24.4 Å². The summed E-state index contributed by atoms with van der Waals surface area (Å²) < 4.78 is 17.7. The molecule has 0 fully saturated rings. The molecule has 0 atom stereocenters. The van der Waals surface area contributed by atoms with Crippen LogP contribution in [-0.4, -0.2) is 52.6 Å². The van der Waals surface area contributed by atoms with Gasteiger partial charge in [-0.3, -0.25) is 0 Å². The monoisotopic (exact) mass is 402 g/mol. The first kappa shape index (κ1) is 19.2. The molecule has 3 rings (SSSR count). The third kappa shape index (κ3) is 3.62. The van der Waals surface area contributed by atoms with Crippen molar-refractivity contribution in [3.8, 4) is 40.1 Å². The molecule has 1 heterocycles. The molecule has 3 N–H and O–H groups in total. The number of aromatic amines is 1. The van der Waals surface area contributed by atoms with Crippen LogP contribution in [0.2, 0.25) is 0 Å². The second-order valence-corrected chi connectivity index (χ2v) is 5.95. The normalized spacial score (nSPS) is 11.0. The van der Waals surface area contributed by atoms with E-state index in [1.807, 2.05) is 0 Å². The SMILES string of the molecule is COc1cc(-c2n[nH]c(=S)n2N=Cc2ccc(O)cc2O)cc(OC)c1OC. The second-order valence-electron chi connectivity index (χ2n) is 5.57. The number of aromatic nitrogens is 3. The predicted octanol–water partition coefficient (Wildman–Crippen LogP) is 2.93. The average Bonchev–Trinajstić information content (AvgIpc) is 3.06. The maximum atomic E-state index is 9.91. The van der Waals surface area contributed by atoms with Crippen molar-refractivity contribution in [2.24, 2.45) is 5.10 Å². The number of benzene rings is 2. The topological polar surface area (TPSA) is 114 Å². The molecular weight excluding hydrogens is 384 g/mol. The van der Waals surface area contributed by atoms with E-state index >= 15 is 0 Å². The van der Waals surface area contributed by atoms with Crippen LogP contribution in [-0.2, 0) is 0 Å². The Kier molecular flexibility index (Phi) is 5.50. The summed E-state index contributed by atoms with van der Waals surface area (Å²) in [6, 6.07) is 7.62. The van der Waals surface area contributed by atoms with Gasteiger partial charge in [-0.2, -0.15) is 14.9 Å². The summed E-state index contributed by atoms with van der Waals surface area (Å²) in [5, 5.41) is 30.5. The van der Waals surface area contributed by atoms with Gasteiger partial charge in [-0.05, 0) is 36.5 Å². The molecule has 0 radical (unpaired) electrons. The molecule has 0 aliphatic rings. The zero-order valence-corrected chi connectivity index (χ0v) is 16.1. The minimum atomic E-state index is -0.118. The molecule has 3 aromatic rings. The third-order valence-corrected chi connectivity index (χ3v) is 4.16. The summed E-state index contributed by atoms with van der Waals surface area (Å²) in [5.74, 6) is 1.60. The Morgan fingerprint density at radius 2 is 1.75 bits per heavy atom. The molecule has 0 saturated carbocycles. The number of rotatable bonds is 6. The van der Waals surface area contributed by atoms with Crippen LogP contribution in [0.25, 0.3) is 11.4 Å². The first-order chi connectivity index (χ1) is 13.5. The molecule has 0 aliphatic carbocycles. The Morgan fingerprint density at radius 3 is 2.32 bits per heavy atom. The van der Waals surface area contributed by atoms with Gasteiger partial charge in [0.05, 0.1) is 27.5 Å². The Bertz CT molecular complexity index is 1060. The fourth-order valence-electron chi connectivity index (χ4n) is 2.56. The highest BCUT2D eigenvalue weighted by molar-refractivity contribution is 7.71. The van der Waals surface area contributed by atoms with Crippen molar-refractivity contribution in [3.05, 3.63) is 40.7 Å². The summed E-state index contributed by atoms with van der Waals surface area (Å²) in [6.45, 7) is 0. The highest BCUT2D eigenvalue weighted by atomic mass is 32.1. The number of aromatic hydroxyl groups is 2. The summed E-state index contributed by atoms with van der Waals surface area (Å²) in [4.78, 5) is 0. The van der Waals surface area contributed by atoms with Gasteiger partial charge in [-0.25, -0.2) is 5.10 Å². The number of methoxy groups -OCH3 is 3. The molecule has 9 nitrogen and oxygen atoms in total. The van der Waals surface area contributed by atoms with E-state index in [0.717, 1.165) is 0 Å². The van der Waals surface area contributed by atoms with Crippen LogP contribution in [0.15, 0.2) is 35.4 Å². The first-order valence-electron chi connectivity index (χ1n) is 8.02. The molecule has 1 aromatic heterocycles. The van der Waals surface area contributed by atoms with Crippen molar-refractivity contribution in [2.45, 2.75) is 0 Å². The molecule has 0 amide bonds. The molecule has 0 spiro atoms. The summed E-state index contributed by atoms with van der Waals surface area (Å²) in [5.41, 5.74) is 1.02. The second kappa shape index (κ2) is 8.01. The summed E-state index contributed by atoms with van der Waals surface area (Å²) in [6.07, 6.45) is 1.40. The van der Waals surface area contributed by atoms with E-state index in [4.69, 9.17) is 26.4 Å². The van der Waals surface area contributed by atoms with Gasteiger partial charge in [0, 0.05) is 17.2 Å². The maximum Gasteiger partial charge on any atom is 0.216 e. The Balaban J connectivity index is 2.08. The standard InChI is InChI=1S/C18H18N4O5S/c1-25-14-6-11(7-15(26-2)16(14)27-3)17-20-21-18(28)22(17)19-9-10-4-5-12(23)8-13(10)24/h4-9,23-24H,1-3H3,(H,21,28). The average molecular weight is 402 g/mol. The molecule has 146 valence electrons. The van der Waals surface area contributed by atoms with Gasteiger partial charge < -0.3 is 24.4 Å². The maximum absolute atomic E-state index is 9.91. The predicted molar refractivity (Wildman–Crippen MR) is 105 cm³/mol. The first-order valence-corrected chi connectivity index (χ1v) is 8.43. The molecule has 0 aliphatic heterocycles. The van der Waals surface area contributed by atoms with Gasteiger partial charge in [0.25, 0.3) is 0 Å². The number of nitrogens with one attached hydrogen (secondary N) is 1. The molecule has 0 unspecified atom stereocenters. The quantitative estimate of drug-likeness (QED) is 0.429. The number of phenolic OH excluding ortho intramolecular Hbond substituents is 2. The van der Waals surface area contributed by atoms with Crippen LogP contribution in [0, 0.1) is 4.77 Å². The van der Waals surface area contributed by atoms with Crippen molar-refractivity contribution in [3.63, 3.8) is 0 Å². The van der Waals surface area contributed by atoms with Crippen molar-refractivity contribution in [1.82, 2.24) is 14.9 Å². The molecule has 2 aromatic carbocycles. The van der Waals surface area contributed by atoms with E-state index < -0.39 is 0 Å². The summed E-state index contributed by atoms with van der Waals surface area (Å²) in [7, 11) is 4.55. The van der Waals surface area contributed by atoms with Gasteiger partial charge in [0.2, 0.25) is 10.5 Å². The lowest BCUT2D eigenvalue weighted by atomic mass is 10.1. The van der Waals surface area contributed by atoms with Gasteiger partial charge in [-0.15, -0.1) is 0 Å². The minimum Gasteiger partial charge on any atom is -0.508 e. The smallest absolute Gasteiger partial charge is 0.216 e. The Hall–Kier alpha value is -3.53. The van der Waals surface area contributed by atoms with Crippen molar-refractivity contribution in [2.75, 3.05) is 21.3 Å². The van der Waals surface area contributed by atoms with Crippen LogP contribution in [0.4, 0.5) is 0 Å². The number of H-pyrrole nitrogens is 1. The van der Waals surface area contributed by atoms with E-state index in [9.17, 15) is 10.2 Å². The lowest BCUT2D eigenvalue weighted by molar-refractivity contribution is 0.324. The lowest BCUT2D eigenvalue weighted by Crippen LogP contribution is -1.99. The number of ether oxygens (including phenoxy) is 3. The fourth-order valence-corrected chi connectivity index (χ4v) is 2.74. The van der Waals surface area contributed by atoms with Gasteiger partial charge in [-0.1, -0.05) is 0 Å². The number of phenols is 2. The highest BCUT2D eigenvalue weighted by Crippen LogP contribution is 2.40. The summed E-state index contributed by atoms with van der Waals surface area (Å²) >= 11 is 5.25. The van der Waals surface area contributed by atoms with Crippen LogP contribution in [0.3, 0.4) is 0 Å². The van der Waals surface area contributed by atoms with E-state index in [1.54, 1.807) is 12.1 Å². The zero-order chi connectivity index (χ0) is 20.3. The van der Waals surface area contributed by atoms with Crippen molar-refractivity contribution >= 4 is 18.4 Å². The largest absolute Gasteiger partial charge is 0.508 e. The van der Waals surface area contributed by atoms with Crippen molar-refractivity contribution in [1.29, 1.82) is 0 Å². The zero-order valence-electron chi connectivity index (χ0n) is 15.3. The van der Waals surface area contributed by atoms with Gasteiger partial charge >= 0.3 is 0 Å². The molecule has 0 bridgehead atoms. The number of hydrogen-bond acceptors (Lipinski definition) is 8. The Morgan fingerprint density at radius 1 is 1.07 bits per heavy atom. The molecular formula is C18H18N4O5S. The van der Waals surface area contributed by atoms with Crippen LogP contribution < -0.4 is 14.2 Å².